The van der Waals surface area contributed by atoms with Gasteiger partial charge in [0.15, 0.2) is 6.29 Å². The number of carbonyl (C=O) groups is 2. The van der Waals surface area contributed by atoms with Gasteiger partial charge in [-0.15, -0.1) is 0 Å². The molecule has 0 saturated carbocycles. The summed E-state index contributed by atoms with van der Waals surface area (Å²) < 4.78 is 25.9. The average molecular weight is 317 g/mol. The van der Waals surface area contributed by atoms with Gasteiger partial charge >= 0.3 is 11.9 Å². The van der Waals surface area contributed by atoms with Crippen LogP contribution in [0.5, 0.6) is 0 Å². The zero-order valence-electron chi connectivity index (χ0n) is 12.8. The second-order valence-corrected chi connectivity index (χ2v) is 4.55. The van der Waals surface area contributed by atoms with Crippen LogP contribution in [0, 0.1) is 0 Å². The molecule has 124 valence electrons. The van der Waals surface area contributed by atoms with E-state index in [2.05, 4.69) is 10.0 Å². The lowest BCUT2D eigenvalue weighted by Gasteiger charge is -2.23. The number of esters is 2. The zero-order valence-corrected chi connectivity index (χ0v) is 12.8. The van der Waals surface area contributed by atoms with Gasteiger partial charge in [0.2, 0.25) is 0 Å². The number of ether oxygens (including phenoxy) is 5. The van der Waals surface area contributed by atoms with Gasteiger partial charge in [0.25, 0.3) is 0 Å². The van der Waals surface area contributed by atoms with Gasteiger partial charge in [-0.2, -0.15) is 0 Å². The van der Waals surface area contributed by atoms with Crippen LogP contribution in [0.15, 0.2) is 5.11 Å². The van der Waals surface area contributed by atoms with E-state index < -0.39 is 42.6 Å². The molecule has 1 heterocycles. The van der Waals surface area contributed by atoms with Crippen molar-refractivity contribution in [1.29, 1.82) is 0 Å². The van der Waals surface area contributed by atoms with Crippen LogP contribution < -0.4 is 0 Å². The Bertz CT molecular complexity index is 448. The lowest BCUT2D eigenvalue weighted by atomic mass is 10.1. The third kappa shape index (κ3) is 4.57. The van der Waals surface area contributed by atoms with Gasteiger partial charge < -0.3 is 23.7 Å². The first-order valence-electron chi connectivity index (χ1n) is 6.50. The second kappa shape index (κ2) is 8.54. The van der Waals surface area contributed by atoms with Gasteiger partial charge in [0, 0.05) is 33.0 Å². The predicted octanol–water partition coefficient (Wildman–Crippen LogP) is 0.546. The van der Waals surface area contributed by atoms with Crippen LogP contribution in [0.25, 0.3) is 10.4 Å². The normalized spacial score (nSPS) is 27.3. The summed E-state index contributed by atoms with van der Waals surface area (Å²) in [6, 6.07) is -0.876. The van der Waals surface area contributed by atoms with Crippen molar-refractivity contribution in [3.05, 3.63) is 10.4 Å². The van der Waals surface area contributed by atoms with Crippen LogP contribution >= 0.6 is 0 Å². The molecule has 0 amide bonds. The third-order valence-corrected chi connectivity index (χ3v) is 3.04. The maximum Gasteiger partial charge on any atom is 0.303 e. The Morgan fingerprint density at radius 3 is 2.36 bits per heavy atom. The first kappa shape index (κ1) is 18.2. The largest absolute Gasteiger partial charge is 0.463 e. The Balaban J connectivity index is 3.02. The highest BCUT2D eigenvalue weighted by molar-refractivity contribution is 5.66. The summed E-state index contributed by atoms with van der Waals surface area (Å²) in [5.41, 5.74) is 8.72. The van der Waals surface area contributed by atoms with Crippen LogP contribution in [0.2, 0.25) is 0 Å². The van der Waals surface area contributed by atoms with Crippen molar-refractivity contribution in [3.8, 4) is 0 Å². The van der Waals surface area contributed by atoms with Gasteiger partial charge in [-0.1, -0.05) is 5.11 Å². The van der Waals surface area contributed by atoms with Crippen molar-refractivity contribution < 1.29 is 33.3 Å². The van der Waals surface area contributed by atoms with E-state index in [0.717, 1.165) is 0 Å². The number of nitrogens with zero attached hydrogens (tertiary/aromatic N) is 3. The fourth-order valence-electron chi connectivity index (χ4n) is 2.22. The van der Waals surface area contributed by atoms with Crippen LogP contribution in [-0.4, -0.2) is 63.4 Å². The van der Waals surface area contributed by atoms with E-state index in [-0.39, 0.29) is 6.61 Å². The van der Waals surface area contributed by atoms with E-state index in [1.54, 1.807) is 0 Å². The van der Waals surface area contributed by atoms with Gasteiger partial charge in [-0.3, -0.25) is 9.59 Å². The fraction of sp³-hybridized carbons (Fsp3) is 0.833. The molecule has 0 N–H and O–H groups in total. The molecule has 10 nitrogen and oxygen atoms in total. The van der Waals surface area contributed by atoms with E-state index in [1.165, 1.54) is 28.1 Å². The monoisotopic (exact) mass is 317 g/mol. The van der Waals surface area contributed by atoms with Crippen molar-refractivity contribution in [3.63, 3.8) is 0 Å². The molecular formula is C12H19N3O7. The minimum absolute atomic E-state index is 0.151. The van der Waals surface area contributed by atoms with E-state index in [4.69, 9.17) is 29.2 Å². The van der Waals surface area contributed by atoms with E-state index in [0.29, 0.717) is 0 Å². The molecule has 10 heteroatoms. The summed E-state index contributed by atoms with van der Waals surface area (Å²) in [5, 5.41) is 3.61. The van der Waals surface area contributed by atoms with Gasteiger partial charge in [0.1, 0.15) is 31.0 Å². The highest BCUT2D eigenvalue weighted by Gasteiger charge is 2.50. The topological polar surface area (TPSA) is 129 Å². The molecule has 4 atom stereocenters. The van der Waals surface area contributed by atoms with Crippen LogP contribution in [-0.2, 0) is 33.3 Å². The summed E-state index contributed by atoms with van der Waals surface area (Å²) >= 11 is 0. The molecule has 0 bridgehead atoms. The minimum atomic E-state index is -0.912. The molecule has 0 radical (unpaired) electrons. The highest BCUT2D eigenvalue weighted by atomic mass is 16.7. The Hall–Kier alpha value is -1.87. The molecule has 22 heavy (non-hydrogen) atoms. The SMILES string of the molecule is COC(OC)[C@H]1O[C@H](COC(C)=O)[C@@H](OC(C)=O)[C@H]1N=[N+]=[N-]. The molecular weight excluding hydrogens is 298 g/mol. The van der Waals surface area contributed by atoms with E-state index in [9.17, 15) is 9.59 Å². The van der Waals surface area contributed by atoms with Crippen molar-refractivity contribution >= 4 is 11.9 Å². The lowest BCUT2D eigenvalue weighted by Crippen LogP contribution is -2.41. The number of azide groups is 1. The Morgan fingerprint density at radius 2 is 1.91 bits per heavy atom. The van der Waals surface area contributed by atoms with Crippen LogP contribution in [0.4, 0.5) is 0 Å². The van der Waals surface area contributed by atoms with Crippen molar-refractivity contribution in [2.24, 2.45) is 5.11 Å². The Kier molecular flexibility index (Phi) is 7.06. The smallest absolute Gasteiger partial charge is 0.303 e. The van der Waals surface area contributed by atoms with Gasteiger partial charge in [0.05, 0.1) is 0 Å². The summed E-state index contributed by atoms with van der Waals surface area (Å²) in [7, 11) is 2.79. The summed E-state index contributed by atoms with van der Waals surface area (Å²) in [6.45, 7) is 2.31. The number of hydrogen-bond donors (Lipinski definition) is 0. The maximum atomic E-state index is 11.3. The molecule has 0 aromatic heterocycles. The van der Waals surface area contributed by atoms with Crippen molar-refractivity contribution in [2.75, 3.05) is 20.8 Å². The fourth-order valence-corrected chi connectivity index (χ4v) is 2.22. The first-order chi connectivity index (χ1) is 10.4. The van der Waals surface area contributed by atoms with E-state index >= 15 is 0 Å². The summed E-state index contributed by atoms with van der Waals surface area (Å²) in [6.07, 6.45) is -3.35. The summed E-state index contributed by atoms with van der Waals surface area (Å²) in [4.78, 5) is 25.0. The quantitative estimate of drug-likeness (QED) is 0.220. The molecule has 0 unspecified atom stereocenters. The van der Waals surface area contributed by atoms with E-state index in [1.807, 2.05) is 0 Å². The molecule has 1 aliphatic rings. The minimum Gasteiger partial charge on any atom is -0.463 e. The molecule has 1 saturated heterocycles. The standard InChI is InChI=1S/C12H19N3O7/c1-6(16)20-5-8-10(21-7(2)17)9(14-15-13)11(22-8)12(18-3)19-4/h8-12H,5H2,1-4H3/t8-,9-,10-,11+/m1/s1. The second-order valence-electron chi connectivity index (χ2n) is 4.55. The number of rotatable bonds is 7. The number of hydrogen-bond acceptors (Lipinski definition) is 8. The number of methoxy groups -OCH3 is 2. The number of carbonyl (C=O) groups excluding carboxylic acids is 2. The molecule has 0 aromatic carbocycles. The summed E-state index contributed by atoms with van der Waals surface area (Å²) in [5.74, 6) is -1.09. The molecule has 1 fully saturated rings. The van der Waals surface area contributed by atoms with Crippen LogP contribution in [0.3, 0.4) is 0 Å². The molecule has 0 spiro atoms. The Morgan fingerprint density at radius 1 is 1.27 bits per heavy atom. The van der Waals surface area contributed by atoms with Crippen LogP contribution in [0.1, 0.15) is 13.8 Å². The average Bonchev–Trinajstić information content (AvgIpc) is 2.77. The van der Waals surface area contributed by atoms with Gasteiger partial charge in [-0.25, -0.2) is 0 Å². The maximum absolute atomic E-state index is 11.3. The van der Waals surface area contributed by atoms with Gasteiger partial charge in [-0.05, 0) is 5.53 Å². The third-order valence-electron chi connectivity index (χ3n) is 3.04. The van der Waals surface area contributed by atoms with Crippen molar-refractivity contribution in [1.82, 2.24) is 0 Å². The molecule has 1 aliphatic heterocycles. The Labute approximate surface area is 127 Å². The highest BCUT2D eigenvalue weighted by Crippen LogP contribution is 2.30. The first-order valence-corrected chi connectivity index (χ1v) is 6.50. The molecule has 1 rings (SSSR count). The zero-order chi connectivity index (χ0) is 16.7. The predicted molar refractivity (Wildman–Crippen MR) is 71.6 cm³/mol. The van der Waals surface area contributed by atoms with Crippen molar-refractivity contribution in [2.45, 2.75) is 44.5 Å². The molecule has 0 aliphatic carbocycles. The molecule has 0 aromatic rings. The lowest BCUT2D eigenvalue weighted by molar-refractivity contribution is -0.184.